The molecule has 0 unspecified atom stereocenters. The molecule has 0 bridgehead atoms. The summed E-state index contributed by atoms with van der Waals surface area (Å²) in [6, 6.07) is 21.8. The van der Waals surface area contributed by atoms with Crippen molar-refractivity contribution in [3.05, 3.63) is 93.3 Å². The van der Waals surface area contributed by atoms with Gasteiger partial charge in [-0.1, -0.05) is 41.4 Å². The van der Waals surface area contributed by atoms with E-state index in [1.54, 1.807) is 48.4 Å². The summed E-state index contributed by atoms with van der Waals surface area (Å²) in [6.07, 6.45) is 1.82. The summed E-state index contributed by atoms with van der Waals surface area (Å²) in [4.78, 5) is 20.1. The molecule has 0 aliphatic carbocycles. The highest BCUT2D eigenvalue weighted by Gasteiger charge is 2.35. The van der Waals surface area contributed by atoms with E-state index in [-0.39, 0.29) is 5.91 Å². The number of carbonyl (C=O) groups excluding carboxylic acids is 1. The van der Waals surface area contributed by atoms with Gasteiger partial charge in [-0.15, -0.1) is 0 Å². The van der Waals surface area contributed by atoms with E-state index in [1.807, 2.05) is 42.5 Å². The number of rotatable bonds is 4. The number of halogens is 2. The topological polar surface area (TPSA) is 41.9 Å². The monoisotopic (exact) mass is 454 g/mol. The maximum absolute atomic E-state index is 13.3. The summed E-state index contributed by atoms with van der Waals surface area (Å²) in [7, 11) is 1.61. The van der Waals surface area contributed by atoms with Gasteiger partial charge in [-0.2, -0.15) is 0 Å². The first-order valence-corrected chi connectivity index (χ1v) is 10.6. The number of amidine groups is 1. The predicted octanol–water partition coefficient (Wildman–Crippen LogP) is 6.81. The maximum Gasteiger partial charge on any atom is 0.271 e. The Kier molecular flexibility index (Phi) is 6.13. The van der Waals surface area contributed by atoms with Crippen molar-refractivity contribution in [1.82, 2.24) is 0 Å². The molecule has 0 N–H and O–H groups in total. The molecule has 0 saturated carbocycles. The molecule has 0 radical (unpaired) electrons. The summed E-state index contributed by atoms with van der Waals surface area (Å²) in [5, 5.41) is 1.77. The van der Waals surface area contributed by atoms with Gasteiger partial charge in [0.15, 0.2) is 5.17 Å². The van der Waals surface area contributed by atoms with Crippen molar-refractivity contribution in [3.63, 3.8) is 0 Å². The highest BCUT2D eigenvalue weighted by atomic mass is 35.5. The fourth-order valence-corrected chi connectivity index (χ4v) is 4.16. The Bertz CT molecular complexity index is 1140. The van der Waals surface area contributed by atoms with Gasteiger partial charge in [-0.25, -0.2) is 4.99 Å². The Morgan fingerprint density at radius 2 is 1.57 bits per heavy atom. The number of amides is 1. The quantitative estimate of drug-likeness (QED) is 0.406. The zero-order chi connectivity index (χ0) is 21.1. The molecule has 4 rings (SSSR count). The van der Waals surface area contributed by atoms with Crippen LogP contribution in [0.2, 0.25) is 10.0 Å². The summed E-state index contributed by atoms with van der Waals surface area (Å²) in [5.41, 5.74) is 2.21. The SMILES string of the molecule is COc1ccccc1/C=C1\SC(=Nc2ccc(Cl)cc2)N(c2ccc(Cl)cc2)C1=O. The van der Waals surface area contributed by atoms with E-state index in [2.05, 4.69) is 4.99 Å². The lowest BCUT2D eigenvalue weighted by Crippen LogP contribution is -2.28. The lowest BCUT2D eigenvalue weighted by atomic mass is 10.2. The number of thioether (sulfide) groups is 1. The molecule has 1 heterocycles. The molecule has 150 valence electrons. The van der Waals surface area contributed by atoms with Crippen molar-refractivity contribution in [2.24, 2.45) is 4.99 Å². The van der Waals surface area contributed by atoms with Gasteiger partial charge in [0.25, 0.3) is 5.91 Å². The van der Waals surface area contributed by atoms with Gasteiger partial charge in [0, 0.05) is 15.6 Å². The van der Waals surface area contributed by atoms with Crippen LogP contribution in [0.4, 0.5) is 11.4 Å². The van der Waals surface area contributed by atoms with Crippen LogP contribution in [0.15, 0.2) is 82.7 Å². The standard InChI is InChI=1S/C23H16Cl2N2O2S/c1-29-20-5-3-2-4-15(20)14-21-22(28)27(19-12-8-17(25)9-13-19)23(30-21)26-18-10-6-16(24)7-11-18/h2-14H,1H3/b21-14-,26-23?. The Hall–Kier alpha value is -2.73. The van der Waals surface area contributed by atoms with Crippen molar-refractivity contribution < 1.29 is 9.53 Å². The Balaban J connectivity index is 1.78. The number of hydrogen-bond donors (Lipinski definition) is 0. The predicted molar refractivity (Wildman–Crippen MR) is 126 cm³/mol. The second kappa shape index (κ2) is 8.96. The number of benzene rings is 3. The minimum absolute atomic E-state index is 0.166. The van der Waals surface area contributed by atoms with Crippen molar-refractivity contribution in [2.75, 3.05) is 12.0 Å². The third-order valence-corrected chi connectivity index (χ3v) is 5.84. The van der Waals surface area contributed by atoms with Crippen LogP contribution in [0.5, 0.6) is 5.75 Å². The smallest absolute Gasteiger partial charge is 0.271 e. The van der Waals surface area contributed by atoms with Gasteiger partial charge >= 0.3 is 0 Å². The molecule has 1 fully saturated rings. The minimum atomic E-state index is -0.166. The molecule has 0 aromatic heterocycles. The van der Waals surface area contributed by atoms with E-state index in [1.165, 1.54) is 11.8 Å². The number of para-hydroxylation sites is 1. The van der Waals surface area contributed by atoms with Gasteiger partial charge in [0.05, 0.1) is 23.4 Å². The average molecular weight is 455 g/mol. The third-order valence-electron chi connectivity index (χ3n) is 4.37. The number of carbonyl (C=O) groups is 1. The molecular weight excluding hydrogens is 439 g/mol. The molecule has 0 spiro atoms. The number of ether oxygens (including phenoxy) is 1. The highest BCUT2D eigenvalue weighted by molar-refractivity contribution is 8.19. The van der Waals surface area contributed by atoms with Crippen LogP contribution in [0, 0.1) is 0 Å². The Labute approximate surface area is 188 Å². The first kappa shape index (κ1) is 20.5. The molecule has 1 amide bonds. The molecular formula is C23H16Cl2N2O2S. The van der Waals surface area contributed by atoms with E-state index in [0.717, 1.165) is 5.56 Å². The number of aliphatic imine (C=N–C) groups is 1. The molecule has 3 aromatic rings. The Morgan fingerprint density at radius 1 is 0.933 bits per heavy atom. The fourth-order valence-electron chi connectivity index (χ4n) is 2.92. The highest BCUT2D eigenvalue weighted by Crippen LogP contribution is 2.38. The molecule has 1 aliphatic heterocycles. The zero-order valence-electron chi connectivity index (χ0n) is 15.9. The van der Waals surface area contributed by atoms with Crippen LogP contribution in [-0.4, -0.2) is 18.2 Å². The molecule has 0 atom stereocenters. The van der Waals surface area contributed by atoms with Gasteiger partial charge < -0.3 is 4.74 Å². The summed E-state index contributed by atoms with van der Waals surface area (Å²) >= 11 is 13.3. The largest absolute Gasteiger partial charge is 0.496 e. The fraction of sp³-hybridized carbons (Fsp3) is 0.0435. The van der Waals surface area contributed by atoms with Gasteiger partial charge in [-0.3, -0.25) is 9.69 Å². The van der Waals surface area contributed by atoms with Crippen LogP contribution in [-0.2, 0) is 4.79 Å². The summed E-state index contributed by atoms with van der Waals surface area (Å²) in [5.74, 6) is 0.528. The van der Waals surface area contributed by atoms with Crippen LogP contribution < -0.4 is 9.64 Å². The van der Waals surface area contributed by atoms with E-state index < -0.39 is 0 Å². The lowest BCUT2D eigenvalue weighted by molar-refractivity contribution is -0.113. The molecule has 3 aromatic carbocycles. The average Bonchev–Trinajstić information content (AvgIpc) is 3.05. The molecule has 7 heteroatoms. The number of anilines is 1. The van der Waals surface area contributed by atoms with E-state index in [0.29, 0.717) is 37.2 Å². The molecule has 30 heavy (non-hydrogen) atoms. The summed E-state index contributed by atoms with van der Waals surface area (Å²) in [6.45, 7) is 0. The summed E-state index contributed by atoms with van der Waals surface area (Å²) < 4.78 is 5.41. The van der Waals surface area contributed by atoms with Gasteiger partial charge in [0.2, 0.25) is 0 Å². The van der Waals surface area contributed by atoms with Crippen molar-refractivity contribution in [2.45, 2.75) is 0 Å². The Morgan fingerprint density at radius 3 is 2.23 bits per heavy atom. The van der Waals surface area contributed by atoms with Gasteiger partial charge in [-0.05, 0) is 72.4 Å². The van der Waals surface area contributed by atoms with Crippen LogP contribution in [0.1, 0.15) is 5.56 Å². The van der Waals surface area contributed by atoms with E-state index >= 15 is 0 Å². The number of nitrogens with zero attached hydrogens (tertiary/aromatic N) is 2. The van der Waals surface area contributed by atoms with Gasteiger partial charge in [0.1, 0.15) is 5.75 Å². The second-order valence-corrected chi connectivity index (χ2v) is 8.22. The van der Waals surface area contributed by atoms with Crippen molar-refractivity contribution in [1.29, 1.82) is 0 Å². The molecule has 1 saturated heterocycles. The lowest BCUT2D eigenvalue weighted by Gasteiger charge is -2.15. The number of methoxy groups -OCH3 is 1. The number of hydrogen-bond acceptors (Lipinski definition) is 4. The van der Waals surface area contributed by atoms with E-state index in [9.17, 15) is 4.79 Å². The molecule has 1 aliphatic rings. The third kappa shape index (κ3) is 4.38. The first-order valence-electron chi connectivity index (χ1n) is 9.02. The zero-order valence-corrected chi connectivity index (χ0v) is 18.2. The van der Waals surface area contributed by atoms with Crippen LogP contribution in [0.25, 0.3) is 6.08 Å². The maximum atomic E-state index is 13.3. The van der Waals surface area contributed by atoms with Crippen molar-refractivity contribution >= 4 is 63.5 Å². The van der Waals surface area contributed by atoms with E-state index in [4.69, 9.17) is 27.9 Å². The normalized spacial score (nSPS) is 16.5. The van der Waals surface area contributed by atoms with Crippen molar-refractivity contribution in [3.8, 4) is 5.75 Å². The minimum Gasteiger partial charge on any atom is -0.496 e. The first-order chi connectivity index (χ1) is 14.5. The van der Waals surface area contributed by atoms with Crippen LogP contribution >= 0.6 is 35.0 Å². The second-order valence-electron chi connectivity index (χ2n) is 6.34. The molecule has 4 nitrogen and oxygen atoms in total. The van der Waals surface area contributed by atoms with Crippen LogP contribution in [0.3, 0.4) is 0 Å².